The maximum Gasteiger partial charge on any atom is 0.247 e. The number of aliphatic imine (C=N–C) groups is 1. The summed E-state index contributed by atoms with van der Waals surface area (Å²) in [5.41, 5.74) is 10.6. The van der Waals surface area contributed by atoms with Crippen molar-refractivity contribution in [1.82, 2.24) is 20.3 Å². The molecule has 3 aliphatic rings. The van der Waals surface area contributed by atoms with Crippen LogP contribution in [0.4, 0.5) is 5.69 Å². The summed E-state index contributed by atoms with van der Waals surface area (Å²) in [6.45, 7) is 9.17. The molecule has 0 saturated carbocycles. The summed E-state index contributed by atoms with van der Waals surface area (Å²) in [6.07, 6.45) is 4.99. The summed E-state index contributed by atoms with van der Waals surface area (Å²) in [5, 5.41) is 17.0. The third-order valence-electron chi connectivity index (χ3n) is 7.42. The second-order valence-electron chi connectivity index (χ2n) is 10.9. The number of carbonyl (C=O) groups is 2. The van der Waals surface area contributed by atoms with Gasteiger partial charge in [0.15, 0.2) is 0 Å². The van der Waals surface area contributed by atoms with Gasteiger partial charge >= 0.3 is 0 Å². The summed E-state index contributed by atoms with van der Waals surface area (Å²) in [7, 11) is 0. The van der Waals surface area contributed by atoms with Crippen LogP contribution in [-0.2, 0) is 9.59 Å². The van der Waals surface area contributed by atoms with Crippen molar-refractivity contribution in [3.63, 3.8) is 0 Å². The fraction of sp³-hybridized carbons (Fsp3) is 0.469. The van der Waals surface area contributed by atoms with Crippen molar-refractivity contribution < 1.29 is 14.7 Å². The number of piperidine rings is 1. The molecule has 0 aromatic heterocycles. The van der Waals surface area contributed by atoms with Crippen LogP contribution in [0.5, 0.6) is 0 Å². The molecule has 226 valence electrons. The zero-order valence-corrected chi connectivity index (χ0v) is 25.5. The van der Waals surface area contributed by atoms with E-state index in [1.807, 2.05) is 25.1 Å². The van der Waals surface area contributed by atoms with Crippen LogP contribution < -0.4 is 21.7 Å². The number of aliphatic hydroxyl groups is 1. The molecule has 9 nitrogen and oxygen atoms in total. The smallest absolute Gasteiger partial charge is 0.247 e. The highest BCUT2D eigenvalue weighted by Gasteiger charge is 2.29. The zero-order valence-electron chi connectivity index (χ0n) is 24.7. The maximum absolute atomic E-state index is 12.5. The van der Waals surface area contributed by atoms with Crippen molar-refractivity contribution in [1.29, 1.82) is 0 Å². The van der Waals surface area contributed by atoms with Gasteiger partial charge in [0.05, 0.1) is 5.69 Å². The molecule has 3 aliphatic heterocycles. The van der Waals surface area contributed by atoms with E-state index in [-0.39, 0.29) is 24.3 Å². The van der Waals surface area contributed by atoms with Crippen LogP contribution in [0, 0.1) is 11.8 Å². The number of fused-ring (bicyclic) bond motifs is 1. The Labute approximate surface area is 253 Å². The number of nitrogens with two attached hydrogens (primary N) is 1. The van der Waals surface area contributed by atoms with Crippen molar-refractivity contribution in [2.75, 3.05) is 45.9 Å². The third kappa shape index (κ3) is 8.91. The van der Waals surface area contributed by atoms with Gasteiger partial charge < -0.3 is 26.8 Å². The lowest BCUT2D eigenvalue weighted by Gasteiger charge is -2.38. The monoisotopic (exact) mass is 592 g/mol. The molecule has 0 spiro atoms. The number of amides is 2. The first-order valence-electron chi connectivity index (χ1n) is 15.0. The lowest BCUT2D eigenvalue weighted by atomic mass is 9.96. The average Bonchev–Trinajstić information content (AvgIpc) is 3.15. The summed E-state index contributed by atoms with van der Waals surface area (Å²) >= 11 is 1.76. The van der Waals surface area contributed by atoms with Gasteiger partial charge in [-0.2, -0.15) is 0 Å². The van der Waals surface area contributed by atoms with Crippen LogP contribution in [0.3, 0.4) is 0 Å². The number of amidine groups is 1. The van der Waals surface area contributed by atoms with Gasteiger partial charge in [-0.05, 0) is 86.6 Å². The summed E-state index contributed by atoms with van der Waals surface area (Å²) < 4.78 is 2.35. The van der Waals surface area contributed by atoms with Gasteiger partial charge in [0.25, 0.3) is 0 Å². The number of nitrogens with zero attached hydrogens (tertiary/aromatic N) is 2. The highest BCUT2D eigenvalue weighted by molar-refractivity contribution is 7.97. The Balaban J connectivity index is 0.00000129. The number of hydrogen-bond donors (Lipinski definition) is 5. The van der Waals surface area contributed by atoms with Crippen LogP contribution >= 0.6 is 11.9 Å². The minimum absolute atomic E-state index is 0.0889. The van der Waals surface area contributed by atoms with Crippen molar-refractivity contribution in [2.45, 2.75) is 44.4 Å². The van der Waals surface area contributed by atoms with Crippen molar-refractivity contribution in [3.05, 3.63) is 53.6 Å². The molecule has 2 fully saturated rings. The minimum atomic E-state index is -0.0889. The summed E-state index contributed by atoms with van der Waals surface area (Å²) in [6, 6.07) is 14.6. The van der Waals surface area contributed by atoms with Crippen LogP contribution in [0.2, 0.25) is 0 Å². The van der Waals surface area contributed by atoms with E-state index in [2.05, 4.69) is 55.6 Å². The van der Waals surface area contributed by atoms with Crippen molar-refractivity contribution in [2.24, 2.45) is 22.6 Å². The first-order chi connectivity index (χ1) is 20.4. The van der Waals surface area contributed by atoms with Gasteiger partial charge in [0, 0.05) is 67.1 Å². The van der Waals surface area contributed by atoms with E-state index in [1.165, 1.54) is 4.90 Å². The number of nitrogens with one attached hydrogen (secondary N) is 3. The highest BCUT2D eigenvalue weighted by Crippen LogP contribution is 2.35. The molecule has 0 unspecified atom stereocenters. The Morgan fingerprint density at radius 3 is 2.57 bits per heavy atom. The second-order valence-corrected chi connectivity index (χ2v) is 12.1. The van der Waals surface area contributed by atoms with E-state index in [0.29, 0.717) is 30.3 Å². The topological polar surface area (TPSA) is 132 Å². The molecule has 6 N–H and O–H groups in total. The summed E-state index contributed by atoms with van der Waals surface area (Å²) in [4.78, 5) is 30.7. The molecule has 0 aliphatic carbocycles. The predicted molar refractivity (Wildman–Crippen MR) is 171 cm³/mol. The molecule has 2 saturated heterocycles. The van der Waals surface area contributed by atoms with E-state index in [4.69, 9.17) is 10.8 Å². The third-order valence-corrected chi connectivity index (χ3v) is 8.44. The molecule has 0 bridgehead atoms. The molecular formula is C32H44N6O3S. The number of benzene rings is 2. The van der Waals surface area contributed by atoms with Gasteiger partial charge in [-0.3, -0.25) is 9.59 Å². The summed E-state index contributed by atoms with van der Waals surface area (Å²) in [5.74, 6) is 1.23. The SMILES string of the molecule is CCCNC(=O)C1=Cc2ccc(-c3cccc(SN4CC(CNC(=O)C5CCNCC5)C4)c3)cc2N=C(N)C1.CCO. The van der Waals surface area contributed by atoms with E-state index < -0.39 is 0 Å². The van der Waals surface area contributed by atoms with Crippen LogP contribution in [0.25, 0.3) is 17.2 Å². The van der Waals surface area contributed by atoms with Gasteiger partial charge in [0.1, 0.15) is 5.84 Å². The average molecular weight is 593 g/mol. The van der Waals surface area contributed by atoms with E-state index >= 15 is 0 Å². The molecular weight excluding hydrogens is 548 g/mol. The van der Waals surface area contributed by atoms with E-state index in [9.17, 15) is 9.59 Å². The van der Waals surface area contributed by atoms with Crippen LogP contribution in [0.1, 0.15) is 45.1 Å². The number of hydrogen-bond acceptors (Lipinski definition) is 8. The molecule has 2 aromatic carbocycles. The Morgan fingerprint density at radius 2 is 1.83 bits per heavy atom. The number of rotatable bonds is 9. The fourth-order valence-electron chi connectivity index (χ4n) is 5.15. The normalized spacial score (nSPS) is 17.4. The molecule has 2 aromatic rings. The van der Waals surface area contributed by atoms with E-state index in [1.54, 1.807) is 18.9 Å². The molecule has 10 heteroatoms. The Morgan fingerprint density at radius 1 is 1.10 bits per heavy atom. The zero-order chi connectivity index (χ0) is 29.9. The number of aliphatic hydroxyl groups excluding tert-OH is 1. The molecule has 0 atom stereocenters. The molecule has 0 radical (unpaired) electrons. The molecule has 2 amide bonds. The lowest BCUT2D eigenvalue weighted by Crippen LogP contribution is -2.49. The largest absolute Gasteiger partial charge is 0.397 e. The van der Waals surface area contributed by atoms with Crippen molar-refractivity contribution in [3.8, 4) is 11.1 Å². The molecule has 3 heterocycles. The first-order valence-corrected chi connectivity index (χ1v) is 15.8. The van der Waals surface area contributed by atoms with Crippen LogP contribution in [0.15, 0.2) is 57.9 Å². The highest BCUT2D eigenvalue weighted by atomic mass is 32.2. The van der Waals surface area contributed by atoms with Gasteiger partial charge in [-0.1, -0.05) is 31.2 Å². The first kappa shape index (κ1) is 31.7. The minimum Gasteiger partial charge on any atom is -0.397 e. The Kier molecular flexibility index (Phi) is 12.0. The maximum atomic E-state index is 12.5. The van der Waals surface area contributed by atoms with Gasteiger partial charge in [-0.25, -0.2) is 9.30 Å². The predicted octanol–water partition coefficient (Wildman–Crippen LogP) is 3.71. The number of carbonyl (C=O) groups excluding carboxylic acids is 2. The Hall–Kier alpha value is -3.18. The Bertz CT molecular complexity index is 1280. The van der Waals surface area contributed by atoms with E-state index in [0.717, 1.165) is 74.4 Å². The lowest BCUT2D eigenvalue weighted by molar-refractivity contribution is -0.126. The van der Waals surface area contributed by atoms with Gasteiger partial charge in [-0.15, -0.1) is 0 Å². The van der Waals surface area contributed by atoms with Crippen LogP contribution in [-0.4, -0.2) is 72.9 Å². The second kappa shape index (κ2) is 15.9. The standard InChI is InChI=1S/C30H38N6O2S.C2H6O/c1-2-10-33-30(38)25-13-24-7-6-23(15-27(24)35-28(31)16-25)22-4-3-5-26(14-22)39-36-18-20(19-36)17-34-29(37)21-8-11-32-12-9-21;1-2-3/h3-7,13-15,20-21,32H,2,8-12,16-19H2,1H3,(H2,31,35)(H,33,38)(H,34,37);3H,2H2,1H3. The fourth-order valence-corrected chi connectivity index (χ4v) is 6.34. The van der Waals surface area contributed by atoms with Crippen molar-refractivity contribution >= 4 is 41.4 Å². The quantitative estimate of drug-likeness (QED) is 0.281. The molecule has 42 heavy (non-hydrogen) atoms. The molecule has 5 rings (SSSR count). The van der Waals surface area contributed by atoms with Gasteiger partial charge in [0.2, 0.25) is 11.8 Å².